The molecule has 5 heteroatoms. The topological polar surface area (TPSA) is 70.0 Å². The van der Waals surface area contributed by atoms with E-state index in [9.17, 15) is 8.42 Å². The van der Waals surface area contributed by atoms with E-state index in [2.05, 4.69) is 4.72 Å². The van der Waals surface area contributed by atoms with Crippen LogP contribution in [0, 0.1) is 18.3 Å². The molecule has 0 spiro atoms. The lowest BCUT2D eigenvalue weighted by Gasteiger charge is -2.07. The molecule has 0 aliphatic carbocycles. The molecule has 0 bridgehead atoms. The summed E-state index contributed by atoms with van der Waals surface area (Å²) in [5, 5.41) is 8.71. The Balaban J connectivity index is 1.99. The van der Waals surface area contributed by atoms with Crippen molar-refractivity contribution in [1.29, 1.82) is 5.26 Å². The van der Waals surface area contributed by atoms with E-state index in [4.69, 9.17) is 5.26 Å². The summed E-state index contributed by atoms with van der Waals surface area (Å²) in [5.74, 6) is 0. The van der Waals surface area contributed by atoms with Crippen LogP contribution in [0.5, 0.6) is 0 Å². The first-order chi connectivity index (χ1) is 10.0. The van der Waals surface area contributed by atoms with Gasteiger partial charge >= 0.3 is 0 Å². The van der Waals surface area contributed by atoms with Crippen molar-refractivity contribution in [2.24, 2.45) is 0 Å². The third kappa shape index (κ3) is 4.15. The maximum Gasteiger partial charge on any atom is 0.240 e. The summed E-state index contributed by atoms with van der Waals surface area (Å²) in [6.07, 6.45) is 0.636. The van der Waals surface area contributed by atoms with Crippen LogP contribution in [0.25, 0.3) is 0 Å². The third-order valence-electron chi connectivity index (χ3n) is 3.08. The van der Waals surface area contributed by atoms with Gasteiger partial charge in [-0.15, -0.1) is 0 Å². The maximum absolute atomic E-state index is 12.1. The number of sulfonamides is 1. The molecule has 0 radical (unpaired) electrons. The van der Waals surface area contributed by atoms with Gasteiger partial charge in [0.05, 0.1) is 16.5 Å². The molecule has 0 atom stereocenters. The van der Waals surface area contributed by atoms with Crippen molar-refractivity contribution in [2.45, 2.75) is 18.2 Å². The number of nitrogens with one attached hydrogen (secondary N) is 1. The van der Waals surface area contributed by atoms with Gasteiger partial charge in [-0.25, -0.2) is 13.1 Å². The fourth-order valence-electron chi connectivity index (χ4n) is 1.99. The van der Waals surface area contributed by atoms with E-state index in [0.29, 0.717) is 18.5 Å². The smallest absolute Gasteiger partial charge is 0.211 e. The zero-order valence-corrected chi connectivity index (χ0v) is 12.5. The van der Waals surface area contributed by atoms with Crippen molar-refractivity contribution >= 4 is 10.0 Å². The van der Waals surface area contributed by atoms with Gasteiger partial charge in [0.2, 0.25) is 10.0 Å². The number of nitriles is 1. The fraction of sp³-hybridized carbons (Fsp3) is 0.188. The molecular weight excluding hydrogens is 284 g/mol. The molecular formula is C16H16N2O2S. The highest BCUT2D eigenvalue weighted by molar-refractivity contribution is 7.89. The average molecular weight is 300 g/mol. The standard InChI is InChI=1S/C16H16N2O2S/c1-13-3-2-4-14(11-13)9-10-18-21(19,20)16-7-5-15(12-17)6-8-16/h2-8,11,18H,9-10H2,1H3. The molecule has 0 unspecified atom stereocenters. The number of nitrogens with zero attached hydrogens (tertiary/aromatic N) is 1. The molecule has 108 valence electrons. The van der Waals surface area contributed by atoms with Crippen molar-refractivity contribution in [3.8, 4) is 6.07 Å². The van der Waals surface area contributed by atoms with E-state index in [1.165, 1.54) is 24.3 Å². The lowest BCUT2D eigenvalue weighted by Crippen LogP contribution is -2.26. The second-order valence-electron chi connectivity index (χ2n) is 4.77. The monoisotopic (exact) mass is 300 g/mol. The average Bonchev–Trinajstić information content (AvgIpc) is 2.47. The molecule has 0 fully saturated rings. The predicted molar refractivity (Wildman–Crippen MR) is 81.2 cm³/mol. The summed E-state index contributed by atoms with van der Waals surface area (Å²) >= 11 is 0. The summed E-state index contributed by atoms with van der Waals surface area (Å²) in [4.78, 5) is 0.172. The van der Waals surface area contributed by atoms with Crippen LogP contribution < -0.4 is 4.72 Å². The van der Waals surface area contributed by atoms with E-state index in [1.807, 2.05) is 37.3 Å². The van der Waals surface area contributed by atoms with E-state index in [1.54, 1.807) is 0 Å². The zero-order valence-electron chi connectivity index (χ0n) is 11.7. The second-order valence-corrected chi connectivity index (χ2v) is 6.54. The van der Waals surface area contributed by atoms with Gasteiger partial charge in [0.1, 0.15) is 0 Å². The minimum absolute atomic E-state index is 0.172. The van der Waals surface area contributed by atoms with Gasteiger partial charge in [0.15, 0.2) is 0 Å². The number of hydrogen-bond donors (Lipinski definition) is 1. The van der Waals surface area contributed by atoms with Gasteiger partial charge in [-0.2, -0.15) is 5.26 Å². The molecule has 2 aromatic rings. The Kier molecular flexibility index (Phi) is 4.73. The lowest BCUT2D eigenvalue weighted by atomic mass is 10.1. The Morgan fingerprint density at radius 3 is 2.48 bits per heavy atom. The quantitative estimate of drug-likeness (QED) is 0.921. The van der Waals surface area contributed by atoms with Crippen LogP contribution in [-0.4, -0.2) is 15.0 Å². The maximum atomic E-state index is 12.1. The van der Waals surface area contributed by atoms with Gasteiger partial charge in [0.25, 0.3) is 0 Å². The Bertz CT molecular complexity index is 760. The van der Waals surface area contributed by atoms with E-state index in [0.717, 1.165) is 11.1 Å². The molecule has 0 aliphatic rings. The first-order valence-electron chi connectivity index (χ1n) is 6.57. The van der Waals surface area contributed by atoms with Crippen LogP contribution in [0.3, 0.4) is 0 Å². The summed E-state index contributed by atoms with van der Waals surface area (Å²) in [6.45, 7) is 2.34. The molecule has 1 N–H and O–H groups in total. The highest BCUT2D eigenvalue weighted by atomic mass is 32.2. The third-order valence-corrected chi connectivity index (χ3v) is 4.56. The molecule has 21 heavy (non-hydrogen) atoms. The summed E-state index contributed by atoms with van der Waals surface area (Å²) in [7, 11) is -3.52. The van der Waals surface area contributed by atoms with Gasteiger partial charge in [0, 0.05) is 6.54 Å². The van der Waals surface area contributed by atoms with Crippen LogP contribution in [0.15, 0.2) is 53.4 Å². The van der Waals surface area contributed by atoms with E-state index in [-0.39, 0.29) is 4.90 Å². The molecule has 2 rings (SSSR count). The highest BCUT2D eigenvalue weighted by Crippen LogP contribution is 2.10. The number of benzene rings is 2. The van der Waals surface area contributed by atoms with Gasteiger partial charge < -0.3 is 0 Å². The Hall–Kier alpha value is -2.16. The molecule has 0 saturated heterocycles. The number of aryl methyl sites for hydroxylation is 1. The van der Waals surface area contributed by atoms with Gasteiger partial charge in [-0.3, -0.25) is 0 Å². The molecule has 0 aromatic heterocycles. The lowest BCUT2D eigenvalue weighted by molar-refractivity contribution is 0.581. The van der Waals surface area contributed by atoms with Crippen molar-refractivity contribution < 1.29 is 8.42 Å². The van der Waals surface area contributed by atoms with Gasteiger partial charge in [-0.05, 0) is 43.2 Å². The van der Waals surface area contributed by atoms with Crippen molar-refractivity contribution in [2.75, 3.05) is 6.54 Å². The number of hydrogen-bond acceptors (Lipinski definition) is 3. The molecule has 4 nitrogen and oxygen atoms in total. The second kappa shape index (κ2) is 6.53. The van der Waals surface area contributed by atoms with Crippen molar-refractivity contribution in [3.05, 3.63) is 65.2 Å². The molecule has 0 saturated carbocycles. The van der Waals surface area contributed by atoms with Crippen molar-refractivity contribution in [1.82, 2.24) is 4.72 Å². The van der Waals surface area contributed by atoms with Crippen LogP contribution in [0.2, 0.25) is 0 Å². The Morgan fingerprint density at radius 2 is 1.86 bits per heavy atom. The highest BCUT2D eigenvalue weighted by Gasteiger charge is 2.12. The van der Waals surface area contributed by atoms with Crippen LogP contribution in [-0.2, 0) is 16.4 Å². The number of rotatable bonds is 5. The zero-order chi connectivity index (χ0) is 15.3. The SMILES string of the molecule is Cc1cccc(CCNS(=O)(=O)c2ccc(C#N)cc2)c1. The molecule has 2 aromatic carbocycles. The summed E-state index contributed by atoms with van der Waals surface area (Å²) < 4.78 is 26.8. The molecule has 0 amide bonds. The largest absolute Gasteiger partial charge is 0.240 e. The predicted octanol–water partition coefficient (Wildman–Crippen LogP) is 2.39. The fourth-order valence-corrected chi connectivity index (χ4v) is 3.02. The molecule has 0 aliphatic heterocycles. The first kappa shape index (κ1) is 15.2. The minimum atomic E-state index is -3.52. The molecule has 0 heterocycles. The Morgan fingerprint density at radius 1 is 1.14 bits per heavy atom. The Labute approximate surface area is 125 Å². The van der Waals surface area contributed by atoms with Gasteiger partial charge in [-0.1, -0.05) is 29.8 Å². The summed E-state index contributed by atoms with van der Waals surface area (Å²) in [5.41, 5.74) is 2.69. The normalized spacial score (nSPS) is 11.0. The van der Waals surface area contributed by atoms with Crippen LogP contribution in [0.4, 0.5) is 0 Å². The summed E-state index contributed by atoms with van der Waals surface area (Å²) in [6, 6.07) is 15.8. The first-order valence-corrected chi connectivity index (χ1v) is 8.05. The van der Waals surface area contributed by atoms with E-state index >= 15 is 0 Å². The minimum Gasteiger partial charge on any atom is -0.211 e. The van der Waals surface area contributed by atoms with Crippen molar-refractivity contribution in [3.63, 3.8) is 0 Å². The van der Waals surface area contributed by atoms with Crippen LogP contribution >= 0.6 is 0 Å². The van der Waals surface area contributed by atoms with Crippen LogP contribution in [0.1, 0.15) is 16.7 Å². The van der Waals surface area contributed by atoms with E-state index < -0.39 is 10.0 Å².